The van der Waals surface area contributed by atoms with Gasteiger partial charge in [0.05, 0.1) is 0 Å². The number of rotatable bonds is 3. The molecule has 0 aliphatic carbocycles. The van der Waals surface area contributed by atoms with Crippen LogP contribution in [0.5, 0.6) is 0 Å². The molecule has 0 saturated heterocycles. The van der Waals surface area contributed by atoms with E-state index in [9.17, 15) is 4.79 Å². The van der Waals surface area contributed by atoms with Crippen molar-refractivity contribution < 1.29 is 9.90 Å². The molecular weight excluding hydrogens is 388 g/mol. The van der Waals surface area contributed by atoms with Gasteiger partial charge in [0.15, 0.2) is 0 Å². The Bertz CT molecular complexity index is 1150. The van der Waals surface area contributed by atoms with Crippen LogP contribution in [0.3, 0.4) is 0 Å². The molecule has 0 radical (unpaired) electrons. The van der Waals surface area contributed by atoms with E-state index in [1.807, 2.05) is 6.92 Å². The minimum Gasteiger partial charge on any atom is -0.478 e. The van der Waals surface area contributed by atoms with Gasteiger partial charge in [0.1, 0.15) is 0 Å². The van der Waals surface area contributed by atoms with Crippen LogP contribution >= 0.6 is 11.3 Å². The summed E-state index contributed by atoms with van der Waals surface area (Å²) in [6.45, 7) is 17.7. The number of hydrogen-bond donors (Lipinski definition) is 1. The Labute approximate surface area is 184 Å². The van der Waals surface area contributed by atoms with Crippen LogP contribution in [0.15, 0.2) is 42.5 Å². The van der Waals surface area contributed by atoms with E-state index >= 15 is 0 Å². The Kier molecular flexibility index (Phi) is 5.72. The van der Waals surface area contributed by atoms with Crippen molar-refractivity contribution in [1.82, 2.24) is 0 Å². The van der Waals surface area contributed by atoms with Crippen LogP contribution in [0.1, 0.15) is 70.0 Å². The van der Waals surface area contributed by atoms with Gasteiger partial charge >= 0.3 is 5.97 Å². The Balaban J connectivity index is 2.32. The molecule has 0 aliphatic heterocycles. The summed E-state index contributed by atoms with van der Waals surface area (Å²) in [6.07, 6.45) is 1.29. The van der Waals surface area contributed by atoms with Gasteiger partial charge in [-0.1, -0.05) is 65.8 Å². The van der Waals surface area contributed by atoms with Crippen LogP contribution in [-0.2, 0) is 15.6 Å². The lowest BCUT2D eigenvalue weighted by molar-refractivity contribution is -0.131. The van der Waals surface area contributed by atoms with Gasteiger partial charge in [-0.3, -0.25) is 0 Å². The molecule has 1 heterocycles. The van der Waals surface area contributed by atoms with Gasteiger partial charge in [0.2, 0.25) is 0 Å². The molecule has 2 aromatic carbocycles. The highest BCUT2D eigenvalue weighted by atomic mass is 32.1. The monoisotopic (exact) mass is 420 g/mol. The molecule has 1 N–H and O–H groups in total. The number of thiophene rings is 1. The normalized spacial score (nSPS) is 13.1. The number of carboxylic acid groups (broad SMARTS) is 1. The lowest BCUT2D eigenvalue weighted by atomic mass is 9.76. The Morgan fingerprint density at radius 3 is 2.20 bits per heavy atom. The molecule has 30 heavy (non-hydrogen) atoms. The number of carboxylic acids is 1. The van der Waals surface area contributed by atoms with Crippen molar-refractivity contribution in [2.45, 2.75) is 66.2 Å². The second-order valence-corrected chi connectivity index (χ2v) is 11.3. The Hall–Kier alpha value is -2.39. The lowest BCUT2D eigenvalue weighted by Crippen LogP contribution is -2.18. The second kappa shape index (κ2) is 7.70. The van der Waals surface area contributed by atoms with Crippen molar-refractivity contribution in [3.63, 3.8) is 0 Å². The summed E-state index contributed by atoms with van der Waals surface area (Å²) in [4.78, 5) is 12.1. The first-order valence-electron chi connectivity index (χ1n) is 10.4. The molecule has 0 spiro atoms. The molecule has 2 nitrogen and oxygen atoms in total. The van der Waals surface area contributed by atoms with Crippen LogP contribution < -0.4 is 0 Å². The summed E-state index contributed by atoms with van der Waals surface area (Å²) in [7, 11) is 0. The highest BCUT2D eigenvalue weighted by Gasteiger charge is 2.24. The maximum atomic E-state index is 11.1. The van der Waals surface area contributed by atoms with Crippen LogP contribution in [0.25, 0.3) is 26.8 Å². The summed E-state index contributed by atoms with van der Waals surface area (Å²) < 4.78 is 1.18. The molecule has 3 heteroatoms. The quantitative estimate of drug-likeness (QED) is 0.436. The molecule has 3 rings (SSSR count). The number of hydrogen-bond acceptors (Lipinski definition) is 2. The highest BCUT2D eigenvalue weighted by molar-refractivity contribution is 7.20. The van der Waals surface area contributed by atoms with E-state index in [2.05, 4.69) is 84.9 Å². The van der Waals surface area contributed by atoms with E-state index in [1.54, 1.807) is 11.3 Å². The van der Waals surface area contributed by atoms with E-state index in [0.717, 1.165) is 10.5 Å². The average Bonchev–Trinajstić information content (AvgIpc) is 3.04. The fourth-order valence-electron chi connectivity index (χ4n) is 3.95. The molecule has 0 atom stereocenters. The van der Waals surface area contributed by atoms with Crippen LogP contribution in [0.4, 0.5) is 0 Å². The van der Waals surface area contributed by atoms with E-state index in [4.69, 9.17) is 5.11 Å². The van der Waals surface area contributed by atoms with Gasteiger partial charge in [0.25, 0.3) is 0 Å². The smallest absolute Gasteiger partial charge is 0.328 e. The standard InChI is InChI=1S/C27H32O2S/c1-16(12-25(28)29)24-15-21-19(10-9-11-23(21)30-24)20-13-18(26(3,4)5)14-22(17(20)2)27(6,7)8/h9-15H,1-8H3,(H,28,29)/b16-12+. The van der Waals surface area contributed by atoms with Crippen molar-refractivity contribution in [1.29, 1.82) is 0 Å². The van der Waals surface area contributed by atoms with E-state index in [0.29, 0.717) is 0 Å². The molecule has 0 aliphatic rings. The van der Waals surface area contributed by atoms with Crippen molar-refractivity contribution >= 4 is 33.0 Å². The third-order valence-corrected chi connectivity index (χ3v) is 6.90. The SMILES string of the molecule is C/C(=C\C(=O)O)c1cc2c(-c3cc(C(C)(C)C)cc(C(C)(C)C)c3C)cccc2s1. The molecule has 0 bridgehead atoms. The van der Waals surface area contributed by atoms with Crippen molar-refractivity contribution in [2.75, 3.05) is 0 Å². The first-order valence-corrected chi connectivity index (χ1v) is 11.2. The third kappa shape index (κ3) is 4.37. The fourth-order valence-corrected chi connectivity index (χ4v) is 5.01. The van der Waals surface area contributed by atoms with Gasteiger partial charge in [-0.15, -0.1) is 11.3 Å². The van der Waals surface area contributed by atoms with Crippen LogP contribution in [-0.4, -0.2) is 11.1 Å². The third-order valence-electron chi connectivity index (χ3n) is 5.66. The summed E-state index contributed by atoms with van der Waals surface area (Å²) in [5.41, 5.74) is 7.39. The second-order valence-electron chi connectivity index (χ2n) is 10.2. The van der Waals surface area contributed by atoms with E-state index in [-0.39, 0.29) is 10.8 Å². The molecule has 0 fully saturated rings. The van der Waals surface area contributed by atoms with Gasteiger partial charge in [-0.2, -0.15) is 0 Å². The van der Waals surface area contributed by atoms with Gasteiger partial charge in [-0.05, 0) is 70.2 Å². The number of fused-ring (bicyclic) bond motifs is 1. The zero-order chi connectivity index (χ0) is 22.4. The molecule has 1 aromatic heterocycles. The van der Waals surface area contributed by atoms with Gasteiger partial charge in [0, 0.05) is 21.0 Å². The highest BCUT2D eigenvalue weighted by Crippen LogP contribution is 2.42. The maximum Gasteiger partial charge on any atom is 0.328 e. The Morgan fingerprint density at radius 1 is 0.967 bits per heavy atom. The van der Waals surface area contributed by atoms with Crippen LogP contribution in [0, 0.1) is 6.92 Å². The average molecular weight is 421 g/mol. The summed E-state index contributed by atoms with van der Waals surface area (Å²) in [5, 5.41) is 10.3. The van der Waals surface area contributed by atoms with Gasteiger partial charge < -0.3 is 5.11 Å². The maximum absolute atomic E-state index is 11.1. The predicted molar refractivity (Wildman–Crippen MR) is 131 cm³/mol. The zero-order valence-corrected chi connectivity index (χ0v) is 20.1. The summed E-state index contributed by atoms with van der Waals surface area (Å²) >= 11 is 1.65. The number of carbonyl (C=O) groups is 1. The molecule has 0 unspecified atom stereocenters. The first-order chi connectivity index (χ1) is 13.8. The molecule has 0 amide bonds. The van der Waals surface area contributed by atoms with Crippen molar-refractivity contribution in [3.05, 3.63) is 64.0 Å². The van der Waals surface area contributed by atoms with Crippen molar-refractivity contribution in [3.8, 4) is 11.1 Å². The molecule has 0 saturated carbocycles. The van der Waals surface area contributed by atoms with Crippen molar-refractivity contribution in [2.24, 2.45) is 0 Å². The summed E-state index contributed by atoms with van der Waals surface area (Å²) in [6, 6.07) is 13.3. The predicted octanol–water partition coefficient (Wildman–Crippen LogP) is 7.96. The first kappa shape index (κ1) is 22.3. The zero-order valence-electron chi connectivity index (χ0n) is 19.3. The van der Waals surface area contributed by atoms with Crippen LogP contribution in [0.2, 0.25) is 0 Å². The number of benzene rings is 2. The molecular formula is C27H32O2S. The van der Waals surface area contributed by atoms with E-state index < -0.39 is 5.97 Å². The topological polar surface area (TPSA) is 37.3 Å². The van der Waals surface area contributed by atoms with E-state index in [1.165, 1.54) is 44.0 Å². The number of allylic oxidation sites excluding steroid dienone is 1. The molecule has 158 valence electrons. The summed E-state index contributed by atoms with van der Waals surface area (Å²) in [5.74, 6) is -0.909. The minimum absolute atomic E-state index is 0.0502. The molecule has 3 aromatic rings. The van der Waals surface area contributed by atoms with Gasteiger partial charge in [-0.25, -0.2) is 4.79 Å². The lowest BCUT2D eigenvalue weighted by Gasteiger charge is -2.29. The minimum atomic E-state index is -0.909. The Morgan fingerprint density at radius 2 is 1.63 bits per heavy atom. The largest absolute Gasteiger partial charge is 0.478 e. The number of aliphatic carboxylic acids is 1. The fraction of sp³-hybridized carbons (Fsp3) is 0.370.